The molecule has 0 fully saturated rings. The van der Waals surface area contributed by atoms with Gasteiger partial charge in [-0.2, -0.15) is 0 Å². The summed E-state index contributed by atoms with van der Waals surface area (Å²) in [5.41, 5.74) is 4.48. The zero-order chi connectivity index (χ0) is 15.0. The van der Waals surface area contributed by atoms with E-state index in [1.807, 2.05) is 37.3 Å². The first-order chi connectivity index (χ1) is 10.0. The molecule has 2 heterocycles. The number of imidazole rings is 1. The molecule has 0 radical (unpaired) electrons. The smallest absolute Gasteiger partial charge is 0.323 e. The summed E-state index contributed by atoms with van der Waals surface area (Å²) in [7, 11) is 0. The van der Waals surface area contributed by atoms with E-state index in [1.54, 1.807) is 0 Å². The number of H-pyrrole nitrogens is 2. The largest absolute Gasteiger partial charge is 0.377 e. The van der Waals surface area contributed by atoms with Gasteiger partial charge in [-0.15, -0.1) is 0 Å². The number of nitrogens with one attached hydrogen (secondary N) is 3. The molecule has 1 unspecified atom stereocenters. The van der Waals surface area contributed by atoms with Gasteiger partial charge >= 0.3 is 5.69 Å². The van der Waals surface area contributed by atoms with E-state index in [2.05, 4.69) is 43.1 Å². The molecule has 1 atom stereocenters. The molecule has 0 bridgehead atoms. The Hall–Kier alpha value is -2.08. The average molecular weight is 347 g/mol. The van der Waals surface area contributed by atoms with E-state index in [4.69, 9.17) is 0 Å². The van der Waals surface area contributed by atoms with E-state index >= 15 is 0 Å². The van der Waals surface area contributed by atoms with Crippen molar-refractivity contribution >= 4 is 32.7 Å². The molecule has 6 heteroatoms. The van der Waals surface area contributed by atoms with Crippen LogP contribution in [0.15, 0.2) is 39.7 Å². The van der Waals surface area contributed by atoms with Crippen LogP contribution in [0.25, 0.3) is 11.0 Å². The van der Waals surface area contributed by atoms with Crippen LogP contribution >= 0.6 is 15.9 Å². The maximum atomic E-state index is 11.3. The molecule has 0 amide bonds. The third-order valence-corrected chi connectivity index (χ3v) is 3.91. The minimum Gasteiger partial charge on any atom is -0.377 e. The number of aromatic amines is 2. The Kier molecular flexibility index (Phi) is 3.55. The van der Waals surface area contributed by atoms with Crippen molar-refractivity contribution in [1.29, 1.82) is 0 Å². The van der Waals surface area contributed by atoms with Crippen LogP contribution in [-0.2, 0) is 0 Å². The number of halogens is 1. The van der Waals surface area contributed by atoms with Gasteiger partial charge in [0.2, 0.25) is 0 Å². The van der Waals surface area contributed by atoms with Crippen molar-refractivity contribution in [2.75, 3.05) is 5.32 Å². The second-order valence-electron chi connectivity index (χ2n) is 5.02. The normalized spacial score (nSPS) is 12.5. The fraction of sp³-hybridized carbons (Fsp3) is 0.200. The van der Waals surface area contributed by atoms with Crippen molar-refractivity contribution in [3.8, 4) is 0 Å². The monoisotopic (exact) mass is 346 g/mol. The SMILES string of the molecule is Cc1nc(Br)ccc1NC(C)c1ccc2[nH]c(=O)[nH]c2c1. The molecule has 5 nitrogen and oxygen atoms in total. The summed E-state index contributed by atoms with van der Waals surface area (Å²) in [5.74, 6) is 0. The standard InChI is InChI=1S/C15H15BrN4O/c1-8(17-11-5-6-14(16)18-9(11)2)10-3-4-12-13(7-10)20-15(21)19-12/h3-8,17H,1-2H3,(H2,19,20,21). The van der Waals surface area contributed by atoms with Crippen molar-refractivity contribution in [2.24, 2.45) is 0 Å². The number of benzene rings is 1. The lowest BCUT2D eigenvalue weighted by Gasteiger charge is -2.17. The van der Waals surface area contributed by atoms with Gasteiger partial charge < -0.3 is 15.3 Å². The molecule has 0 aliphatic heterocycles. The zero-order valence-corrected chi connectivity index (χ0v) is 13.3. The molecule has 0 saturated carbocycles. The van der Waals surface area contributed by atoms with Crippen molar-refractivity contribution in [2.45, 2.75) is 19.9 Å². The van der Waals surface area contributed by atoms with Gasteiger partial charge in [-0.25, -0.2) is 9.78 Å². The van der Waals surface area contributed by atoms with Crippen molar-refractivity contribution in [1.82, 2.24) is 15.0 Å². The summed E-state index contributed by atoms with van der Waals surface area (Å²) in [6.07, 6.45) is 0. The second kappa shape index (κ2) is 5.37. The quantitative estimate of drug-likeness (QED) is 0.635. The third kappa shape index (κ3) is 2.85. The average Bonchev–Trinajstić information content (AvgIpc) is 2.80. The third-order valence-electron chi connectivity index (χ3n) is 3.46. The Morgan fingerprint density at radius 3 is 2.71 bits per heavy atom. The van der Waals surface area contributed by atoms with Gasteiger partial charge in [-0.05, 0) is 59.6 Å². The van der Waals surface area contributed by atoms with Crippen molar-refractivity contribution in [3.05, 3.63) is 56.7 Å². The van der Waals surface area contributed by atoms with Gasteiger partial charge in [0.25, 0.3) is 0 Å². The van der Waals surface area contributed by atoms with Crippen LogP contribution in [0.2, 0.25) is 0 Å². The Balaban J connectivity index is 1.89. The molecule has 2 aromatic heterocycles. The molecule has 0 saturated heterocycles. The molecule has 0 spiro atoms. The number of rotatable bonds is 3. The Labute approximate surface area is 129 Å². The summed E-state index contributed by atoms with van der Waals surface area (Å²) in [6.45, 7) is 4.04. The van der Waals surface area contributed by atoms with Crippen LogP contribution in [0.5, 0.6) is 0 Å². The van der Waals surface area contributed by atoms with Crippen LogP contribution in [0, 0.1) is 6.92 Å². The van der Waals surface area contributed by atoms with E-state index in [0.717, 1.165) is 32.6 Å². The molecule has 3 rings (SSSR count). The minimum atomic E-state index is -0.185. The molecule has 108 valence electrons. The first-order valence-corrected chi connectivity index (χ1v) is 7.44. The fourth-order valence-electron chi connectivity index (χ4n) is 2.32. The van der Waals surface area contributed by atoms with Crippen LogP contribution in [0.4, 0.5) is 5.69 Å². The first-order valence-electron chi connectivity index (χ1n) is 6.64. The van der Waals surface area contributed by atoms with Crippen LogP contribution in [-0.4, -0.2) is 15.0 Å². The number of aryl methyl sites for hydroxylation is 1. The zero-order valence-electron chi connectivity index (χ0n) is 11.7. The highest BCUT2D eigenvalue weighted by molar-refractivity contribution is 9.10. The number of anilines is 1. The summed E-state index contributed by atoms with van der Waals surface area (Å²) in [6, 6.07) is 9.91. The molecule has 21 heavy (non-hydrogen) atoms. The lowest BCUT2D eigenvalue weighted by Crippen LogP contribution is -2.08. The topological polar surface area (TPSA) is 73.6 Å². The van der Waals surface area contributed by atoms with Crippen LogP contribution < -0.4 is 11.0 Å². The second-order valence-corrected chi connectivity index (χ2v) is 5.83. The van der Waals surface area contributed by atoms with Gasteiger partial charge in [0, 0.05) is 6.04 Å². The Bertz CT molecular complexity index is 852. The van der Waals surface area contributed by atoms with Gasteiger partial charge in [-0.3, -0.25) is 0 Å². The number of fused-ring (bicyclic) bond motifs is 1. The maximum absolute atomic E-state index is 11.3. The Morgan fingerprint density at radius 2 is 1.95 bits per heavy atom. The molecule has 1 aromatic carbocycles. The number of pyridine rings is 1. The molecule has 0 aliphatic rings. The minimum absolute atomic E-state index is 0.106. The highest BCUT2D eigenvalue weighted by Gasteiger charge is 2.09. The lowest BCUT2D eigenvalue weighted by atomic mass is 10.1. The van der Waals surface area contributed by atoms with E-state index < -0.39 is 0 Å². The highest BCUT2D eigenvalue weighted by atomic mass is 79.9. The summed E-state index contributed by atoms with van der Waals surface area (Å²) in [4.78, 5) is 21.2. The Morgan fingerprint density at radius 1 is 1.19 bits per heavy atom. The summed E-state index contributed by atoms with van der Waals surface area (Å²) in [5, 5.41) is 3.44. The number of nitrogens with zero attached hydrogens (tertiary/aromatic N) is 1. The number of hydrogen-bond acceptors (Lipinski definition) is 3. The number of hydrogen-bond donors (Lipinski definition) is 3. The van der Waals surface area contributed by atoms with Crippen molar-refractivity contribution < 1.29 is 0 Å². The van der Waals surface area contributed by atoms with E-state index in [1.165, 1.54) is 0 Å². The van der Waals surface area contributed by atoms with Crippen molar-refractivity contribution in [3.63, 3.8) is 0 Å². The first kappa shape index (κ1) is 13.9. The highest BCUT2D eigenvalue weighted by Crippen LogP contribution is 2.24. The van der Waals surface area contributed by atoms with E-state index in [0.29, 0.717) is 0 Å². The summed E-state index contributed by atoms with van der Waals surface area (Å²) < 4.78 is 0.824. The van der Waals surface area contributed by atoms with E-state index in [-0.39, 0.29) is 11.7 Å². The molecular weight excluding hydrogens is 332 g/mol. The van der Waals surface area contributed by atoms with Gasteiger partial charge in [0.1, 0.15) is 4.60 Å². The molecule has 3 aromatic rings. The predicted octanol–water partition coefficient (Wildman–Crippen LogP) is 3.50. The van der Waals surface area contributed by atoms with Gasteiger partial charge in [0.15, 0.2) is 0 Å². The fourth-order valence-corrected chi connectivity index (χ4v) is 2.72. The lowest BCUT2D eigenvalue weighted by molar-refractivity contribution is 0.880. The predicted molar refractivity (Wildman–Crippen MR) is 87.6 cm³/mol. The maximum Gasteiger partial charge on any atom is 0.323 e. The number of aromatic nitrogens is 3. The van der Waals surface area contributed by atoms with Crippen LogP contribution in [0.3, 0.4) is 0 Å². The van der Waals surface area contributed by atoms with Gasteiger partial charge in [0.05, 0.1) is 22.4 Å². The van der Waals surface area contributed by atoms with E-state index in [9.17, 15) is 4.79 Å². The molecular formula is C15H15BrN4O. The summed E-state index contributed by atoms with van der Waals surface area (Å²) >= 11 is 3.36. The molecule has 3 N–H and O–H groups in total. The van der Waals surface area contributed by atoms with Crippen LogP contribution in [0.1, 0.15) is 24.2 Å². The van der Waals surface area contributed by atoms with Gasteiger partial charge in [-0.1, -0.05) is 6.07 Å². The molecule has 0 aliphatic carbocycles.